The van der Waals surface area contributed by atoms with Crippen molar-refractivity contribution in [2.24, 2.45) is 0 Å². The molecule has 0 unspecified atom stereocenters. The van der Waals surface area contributed by atoms with Gasteiger partial charge in [-0.15, -0.1) is 0 Å². The Morgan fingerprint density at radius 3 is 1.92 bits per heavy atom. The van der Waals surface area contributed by atoms with Crippen molar-refractivity contribution in [3.8, 4) is 33.4 Å². The minimum atomic E-state index is -0.470. The van der Waals surface area contributed by atoms with E-state index in [0.29, 0.717) is 38.8 Å². The lowest BCUT2D eigenvalue weighted by molar-refractivity contribution is 0.672. The fourth-order valence-corrected chi connectivity index (χ4v) is 7.03. The van der Waals surface area contributed by atoms with Crippen LogP contribution < -0.4 is 4.90 Å². The smallest absolute Gasteiger partial charge is 0.143 e. The topological polar surface area (TPSA) is 16.4 Å². The van der Waals surface area contributed by atoms with Gasteiger partial charge < -0.3 is 9.32 Å². The van der Waals surface area contributed by atoms with Crippen LogP contribution in [0.25, 0.3) is 76.9 Å². The Hall–Kier alpha value is -6.90. The van der Waals surface area contributed by atoms with Crippen molar-refractivity contribution < 1.29 is 15.4 Å². The van der Waals surface area contributed by atoms with Crippen LogP contribution in [0.1, 0.15) is 11.0 Å². The Kier molecular flexibility index (Phi) is 5.45. The van der Waals surface area contributed by atoms with E-state index in [-0.39, 0.29) is 46.7 Å². The molecule has 0 aliphatic heterocycles. The van der Waals surface area contributed by atoms with Gasteiger partial charge in [-0.2, -0.15) is 0 Å². The second-order valence-electron chi connectivity index (χ2n) is 12.7. The zero-order valence-electron chi connectivity index (χ0n) is 35.8. The van der Waals surface area contributed by atoms with Crippen molar-refractivity contribution in [1.82, 2.24) is 0 Å². The molecule has 2 nitrogen and oxygen atoms in total. The molecule has 0 atom stereocenters. The largest absolute Gasteiger partial charge is 0.455 e. The van der Waals surface area contributed by atoms with Gasteiger partial charge in [0.25, 0.3) is 0 Å². The molecule has 52 heavy (non-hydrogen) atoms. The van der Waals surface area contributed by atoms with Crippen molar-refractivity contribution in [3.05, 3.63) is 200 Å². The van der Waals surface area contributed by atoms with Gasteiger partial charge in [-0.25, -0.2) is 0 Å². The van der Waals surface area contributed by atoms with Crippen LogP contribution in [-0.4, -0.2) is 0 Å². The summed E-state index contributed by atoms with van der Waals surface area (Å²) in [5.74, 6) is 0. The molecule has 0 aliphatic rings. The lowest BCUT2D eigenvalue weighted by Crippen LogP contribution is -2.10. The van der Waals surface area contributed by atoms with Gasteiger partial charge in [0.1, 0.15) is 11.2 Å². The average molecular weight is 672 g/mol. The first-order valence-corrected chi connectivity index (χ1v) is 17.1. The third-order valence-electron chi connectivity index (χ3n) is 9.60. The molecular formula is C50H33NO. The van der Waals surface area contributed by atoms with E-state index in [1.165, 1.54) is 4.90 Å². The van der Waals surface area contributed by atoms with Crippen LogP contribution in [-0.2, 0) is 0 Å². The number of fused-ring (bicyclic) bond motifs is 6. The molecule has 10 aromatic rings. The molecule has 9 aromatic carbocycles. The van der Waals surface area contributed by atoms with Crippen LogP contribution in [0.4, 0.5) is 17.1 Å². The van der Waals surface area contributed by atoms with Gasteiger partial charge in [0.15, 0.2) is 0 Å². The van der Waals surface area contributed by atoms with Crippen LogP contribution in [0.2, 0.25) is 0 Å². The number of nitrogens with zero attached hydrogens (tertiary/aromatic N) is 1. The lowest BCUT2D eigenvalue weighted by atomic mass is 9.99. The number of rotatable bonds is 6. The molecule has 244 valence electrons. The van der Waals surface area contributed by atoms with E-state index in [9.17, 15) is 8.22 Å². The van der Waals surface area contributed by atoms with E-state index in [4.69, 9.17) is 7.16 Å². The highest BCUT2D eigenvalue weighted by atomic mass is 16.3. The Bertz CT molecular complexity index is 3330. The standard InChI is InChI=1S/C50H33NO/c1-2-10-34(11-3-1)36-20-22-37(23-21-36)38-26-29-43(30-27-38)51(44-16-8-15-41(33-44)42-25-24-35-12-4-5-14-40(35)32-42)47-18-9-19-48-49(47)46-31-28-39-13-6-7-17-45(39)50(46)52-48/h1-33H/i8D,15D,16D,26D,27D,29D,30D,33D. The fourth-order valence-electron chi connectivity index (χ4n) is 7.03. The van der Waals surface area contributed by atoms with Gasteiger partial charge in [-0.05, 0) is 98.0 Å². The third kappa shape index (κ3) is 5.21. The molecule has 0 amide bonds. The van der Waals surface area contributed by atoms with E-state index in [1.54, 1.807) is 36.4 Å². The Balaban J connectivity index is 1.27. The van der Waals surface area contributed by atoms with Gasteiger partial charge in [0, 0.05) is 22.1 Å². The minimum absolute atomic E-state index is 0.0994. The molecule has 0 bridgehead atoms. The second kappa shape index (κ2) is 12.5. The summed E-state index contributed by atoms with van der Waals surface area (Å²) >= 11 is 0. The van der Waals surface area contributed by atoms with Gasteiger partial charge in [0.05, 0.1) is 22.0 Å². The fraction of sp³-hybridized carbons (Fsp3) is 0. The molecule has 1 aromatic heterocycles. The predicted octanol–water partition coefficient (Wildman–Crippen LogP) is 14.4. The molecule has 0 radical (unpaired) electrons. The Morgan fingerprint density at radius 2 is 1.10 bits per heavy atom. The SMILES string of the molecule is [2H]c1c([2H])c(-c2ccc3ccccc3c2)c([2H])c(N(c2c([2H])c([2H])c(-c3ccc(-c4ccccc4)cc3)c([2H])c2[2H])c2cccc3oc4c5ccccc5ccc4c23)c1[2H]. The highest BCUT2D eigenvalue weighted by Crippen LogP contribution is 2.45. The van der Waals surface area contributed by atoms with E-state index >= 15 is 0 Å². The third-order valence-corrected chi connectivity index (χ3v) is 9.60. The molecule has 0 fully saturated rings. The number of hydrogen-bond donors (Lipinski definition) is 0. The average Bonchev–Trinajstić information content (AvgIpc) is 3.68. The quantitative estimate of drug-likeness (QED) is 0.175. The number of benzene rings is 9. The first-order chi connectivity index (χ1) is 29.1. The van der Waals surface area contributed by atoms with Crippen LogP contribution in [0.3, 0.4) is 0 Å². The summed E-state index contributed by atoms with van der Waals surface area (Å²) in [4.78, 5) is 1.40. The molecule has 0 saturated heterocycles. The molecule has 0 N–H and O–H groups in total. The molecule has 10 rings (SSSR count). The summed E-state index contributed by atoms with van der Waals surface area (Å²) in [5.41, 5.74) is 4.13. The normalized spacial score (nSPS) is 13.6. The summed E-state index contributed by atoms with van der Waals surface area (Å²) in [6.45, 7) is 0. The zero-order valence-corrected chi connectivity index (χ0v) is 27.8. The summed E-state index contributed by atoms with van der Waals surface area (Å²) < 4.78 is 82.3. The van der Waals surface area contributed by atoms with Crippen molar-refractivity contribution >= 4 is 60.5 Å². The van der Waals surface area contributed by atoms with Crippen LogP contribution >= 0.6 is 0 Å². The lowest BCUT2D eigenvalue weighted by Gasteiger charge is -2.27. The van der Waals surface area contributed by atoms with Crippen LogP contribution in [0.5, 0.6) is 0 Å². The number of furan rings is 1. The predicted molar refractivity (Wildman–Crippen MR) is 220 cm³/mol. The molecular weight excluding hydrogens is 631 g/mol. The number of anilines is 3. The van der Waals surface area contributed by atoms with Crippen molar-refractivity contribution in [3.63, 3.8) is 0 Å². The highest BCUT2D eigenvalue weighted by Gasteiger charge is 2.21. The van der Waals surface area contributed by atoms with Gasteiger partial charge in [0.2, 0.25) is 0 Å². The zero-order chi connectivity index (χ0) is 41.4. The van der Waals surface area contributed by atoms with Crippen LogP contribution in [0, 0.1) is 0 Å². The Labute approximate surface area is 313 Å². The van der Waals surface area contributed by atoms with E-state index in [1.807, 2.05) is 115 Å². The first kappa shape index (κ1) is 22.7. The molecule has 0 aliphatic carbocycles. The Morgan fingerprint density at radius 1 is 0.423 bits per heavy atom. The molecule has 2 heteroatoms. The van der Waals surface area contributed by atoms with Gasteiger partial charge >= 0.3 is 0 Å². The maximum atomic E-state index is 9.85. The van der Waals surface area contributed by atoms with E-state index < -0.39 is 24.2 Å². The van der Waals surface area contributed by atoms with E-state index in [0.717, 1.165) is 32.7 Å². The summed E-state index contributed by atoms with van der Waals surface area (Å²) in [5, 5.41) is 4.90. The van der Waals surface area contributed by atoms with Crippen molar-refractivity contribution in [2.75, 3.05) is 4.90 Å². The van der Waals surface area contributed by atoms with Crippen molar-refractivity contribution in [2.45, 2.75) is 0 Å². The molecule has 0 saturated carbocycles. The summed E-state index contributed by atoms with van der Waals surface area (Å²) in [6, 6.07) is 44.4. The number of hydrogen-bond acceptors (Lipinski definition) is 2. The summed E-state index contributed by atoms with van der Waals surface area (Å²) in [7, 11) is 0. The van der Waals surface area contributed by atoms with Crippen molar-refractivity contribution in [1.29, 1.82) is 0 Å². The molecule has 0 spiro atoms. The maximum absolute atomic E-state index is 9.85. The maximum Gasteiger partial charge on any atom is 0.143 e. The van der Waals surface area contributed by atoms with E-state index in [2.05, 4.69) is 0 Å². The minimum Gasteiger partial charge on any atom is -0.455 e. The van der Waals surface area contributed by atoms with Gasteiger partial charge in [-0.1, -0.05) is 152 Å². The second-order valence-corrected chi connectivity index (χ2v) is 12.7. The molecule has 1 heterocycles. The first-order valence-electron chi connectivity index (χ1n) is 21.1. The monoisotopic (exact) mass is 671 g/mol. The summed E-state index contributed by atoms with van der Waals surface area (Å²) in [6.07, 6.45) is 0. The van der Waals surface area contributed by atoms with Crippen LogP contribution in [0.15, 0.2) is 204 Å². The highest BCUT2D eigenvalue weighted by molar-refractivity contribution is 6.19. The van der Waals surface area contributed by atoms with Gasteiger partial charge in [-0.3, -0.25) is 0 Å².